The van der Waals surface area contributed by atoms with Crippen molar-refractivity contribution in [1.29, 1.82) is 0 Å². The molecule has 1 N–H and O–H groups in total. The number of carbonyl (C=O) groups excluding carboxylic acids is 2. The first-order valence-electron chi connectivity index (χ1n) is 7.29. The van der Waals surface area contributed by atoms with Gasteiger partial charge < -0.3 is 10.2 Å². The monoisotopic (exact) mass is 290 g/mol. The molecule has 2 amide bonds. The van der Waals surface area contributed by atoms with E-state index < -0.39 is 5.41 Å². The van der Waals surface area contributed by atoms with Gasteiger partial charge in [-0.05, 0) is 12.5 Å². The molecular weight excluding hydrogens is 264 g/mol. The third kappa shape index (κ3) is 5.98. The molecule has 0 radical (unpaired) electrons. The van der Waals surface area contributed by atoms with E-state index in [1.165, 1.54) is 5.56 Å². The van der Waals surface area contributed by atoms with E-state index in [0.717, 1.165) is 5.56 Å². The molecule has 1 rings (SSSR count). The molecule has 0 aliphatic carbocycles. The van der Waals surface area contributed by atoms with E-state index in [1.807, 2.05) is 52.0 Å². The maximum Gasteiger partial charge on any atom is 0.225 e. The van der Waals surface area contributed by atoms with Crippen LogP contribution in [0.1, 0.15) is 38.8 Å². The minimum atomic E-state index is -0.405. The van der Waals surface area contributed by atoms with Crippen LogP contribution in [-0.4, -0.2) is 29.8 Å². The van der Waals surface area contributed by atoms with Crippen molar-refractivity contribution in [3.05, 3.63) is 35.4 Å². The van der Waals surface area contributed by atoms with Crippen LogP contribution in [0.25, 0.3) is 0 Å². The molecule has 116 valence electrons. The van der Waals surface area contributed by atoms with Crippen molar-refractivity contribution in [3.63, 3.8) is 0 Å². The molecule has 0 saturated heterocycles. The Bertz CT molecular complexity index is 487. The van der Waals surface area contributed by atoms with E-state index in [0.29, 0.717) is 19.6 Å². The second kappa shape index (κ2) is 7.25. The van der Waals surface area contributed by atoms with Gasteiger partial charge in [0.1, 0.15) is 0 Å². The highest BCUT2D eigenvalue weighted by molar-refractivity contribution is 5.81. The van der Waals surface area contributed by atoms with E-state index in [4.69, 9.17) is 0 Å². The summed E-state index contributed by atoms with van der Waals surface area (Å²) in [7, 11) is 0. The first-order chi connectivity index (χ1) is 9.70. The number of benzene rings is 1. The van der Waals surface area contributed by atoms with Crippen LogP contribution >= 0.6 is 0 Å². The molecule has 0 heterocycles. The van der Waals surface area contributed by atoms with Crippen molar-refractivity contribution < 1.29 is 9.59 Å². The van der Waals surface area contributed by atoms with Crippen molar-refractivity contribution in [1.82, 2.24) is 10.2 Å². The Morgan fingerprint density at radius 3 is 2.19 bits per heavy atom. The fourth-order valence-electron chi connectivity index (χ4n) is 1.83. The van der Waals surface area contributed by atoms with Gasteiger partial charge in [0.25, 0.3) is 0 Å². The first-order valence-corrected chi connectivity index (χ1v) is 7.29. The molecule has 0 bridgehead atoms. The van der Waals surface area contributed by atoms with Gasteiger partial charge in [0.05, 0.1) is 0 Å². The highest BCUT2D eigenvalue weighted by atomic mass is 16.2. The summed E-state index contributed by atoms with van der Waals surface area (Å²) in [4.78, 5) is 25.2. The number of hydrogen-bond donors (Lipinski definition) is 1. The summed E-state index contributed by atoms with van der Waals surface area (Å²) in [6.45, 7) is 10.8. The van der Waals surface area contributed by atoms with Crippen LogP contribution in [0.15, 0.2) is 24.3 Å². The van der Waals surface area contributed by atoms with Gasteiger partial charge in [-0.1, -0.05) is 50.6 Å². The molecule has 0 fully saturated rings. The summed E-state index contributed by atoms with van der Waals surface area (Å²) in [5.41, 5.74) is 1.89. The second-order valence-electron chi connectivity index (χ2n) is 6.43. The van der Waals surface area contributed by atoms with E-state index in [1.54, 1.807) is 11.8 Å². The molecule has 4 nitrogen and oxygen atoms in total. The maximum atomic E-state index is 11.8. The van der Waals surface area contributed by atoms with E-state index in [2.05, 4.69) is 5.32 Å². The van der Waals surface area contributed by atoms with Gasteiger partial charge in [0, 0.05) is 32.0 Å². The topological polar surface area (TPSA) is 49.4 Å². The Kier molecular flexibility index (Phi) is 5.94. The van der Waals surface area contributed by atoms with Crippen molar-refractivity contribution in [2.75, 3.05) is 13.1 Å². The normalized spacial score (nSPS) is 11.1. The van der Waals surface area contributed by atoms with Crippen LogP contribution in [-0.2, 0) is 16.1 Å². The van der Waals surface area contributed by atoms with Crippen molar-refractivity contribution in [3.8, 4) is 0 Å². The molecule has 1 aromatic rings. The van der Waals surface area contributed by atoms with Gasteiger partial charge in [-0.3, -0.25) is 9.59 Å². The lowest BCUT2D eigenvalue weighted by atomic mass is 9.96. The molecule has 21 heavy (non-hydrogen) atoms. The van der Waals surface area contributed by atoms with E-state index in [-0.39, 0.29) is 11.8 Å². The molecule has 0 unspecified atom stereocenters. The van der Waals surface area contributed by atoms with Crippen LogP contribution in [0.2, 0.25) is 0 Å². The van der Waals surface area contributed by atoms with Crippen LogP contribution < -0.4 is 5.32 Å². The lowest BCUT2D eigenvalue weighted by molar-refractivity contribution is -0.131. The maximum absolute atomic E-state index is 11.8. The van der Waals surface area contributed by atoms with Gasteiger partial charge in [-0.2, -0.15) is 0 Å². The van der Waals surface area contributed by atoms with Gasteiger partial charge in [-0.25, -0.2) is 0 Å². The van der Waals surface area contributed by atoms with Crippen LogP contribution in [0.3, 0.4) is 0 Å². The summed E-state index contributed by atoms with van der Waals surface area (Å²) in [6, 6.07) is 8.13. The van der Waals surface area contributed by atoms with Crippen LogP contribution in [0.5, 0.6) is 0 Å². The average Bonchev–Trinajstić information content (AvgIpc) is 2.38. The summed E-state index contributed by atoms with van der Waals surface area (Å²) in [6.07, 6.45) is 0. The van der Waals surface area contributed by atoms with Gasteiger partial charge in [-0.15, -0.1) is 0 Å². The highest BCUT2D eigenvalue weighted by Gasteiger charge is 2.20. The highest BCUT2D eigenvalue weighted by Crippen LogP contribution is 2.12. The number of rotatable bonds is 5. The lowest BCUT2D eigenvalue weighted by Gasteiger charge is -2.23. The number of aryl methyl sites for hydroxylation is 1. The molecule has 4 heteroatoms. The standard InChI is InChI=1S/C17H26N2O2/c1-13-6-8-15(9-7-13)12-19(14(2)20)11-10-18-16(21)17(3,4)5/h6-9H,10-12H2,1-5H3,(H,18,21). The van der Waals surface area contributed by atoms with Crippen molar-refractivity contribution in [2.24, 2.45) is 5.41 Å². The Hall–Kier alpha value is -1.84. The third-order valence-electron chi connectivity index (χ3n) is 3.29. The SMILES string of the molecule is CC(=O)N(CCNC(=O)C(C)(C)C)Cc1ccc(C)cc1. The molecule has 0 saturated carbocycles. The fraction of sp³-hybridized carbons (Fsp3) is 0.529. The zero-order chi connectivity index (χ0) is 16.0. The Morgan fingerprint density at radius 1 is 1.14 bits per heavy atom. The summed E-state index contributed by atoms with van der Waals surface area (Å²) in [5, 5.41) is 2.87. The zero-order valence-electron chi connectivity index (χ0n) is 13.7. The Morgan fingerprint density at radius 2 is 1.71 bits per heavy atom. The summed E-state index contributed by atoms with van der Waals surface area (Å²) >= 11 is 0. The average molecular weight is 290 g/mol. The number of carbonyl (C=O) groups is 2. The predicted octanol–water partition coefficient (Wildman–Crippen LogP) is 2.51. The summed E-state index contributed by atoms with van der Waals surface area (Å²) in [5.74, 6) is 0.0157. The molecule has 0 aromatic heterocycles. The quantitative estimate of drug-likeness (QED) is 0.906. The third-order valence-corrected chi connectivity index (χ3v) is 3.29. The van der Waals surface area contributed by atoms with Crippen molar-refractivity contribution in [2.45, 2.75) is 41.2 Å². The molecule has 0 aliphatic heterocycles. The first kappa shape index (κ1) is 17.2. The van der Waals surface area contributed by atoms with Gasteiger partial charge >= 0.3 is 0 Å². The Balaban J connectivity index is 2.53. The van der Waals surface area contributed by atoms with Crippen LogP contribution in [0, 0.1) is 12.3 Å². The molecule has 0 atom stereocenters. The second-order valence-corrected chi connectivity index (χ2v) is 6.43. The van der Waals surface area contributed by atoms with E-state index in [9.17, 15) is 9.59 Å². The van der Waals surface area contributed by atoms with Gasteiger partial charge in [0.15, 0.2) is 0 Å². The van der Waals surface area contributed by atoms with Crippen LogP contribution in [0.4, 0.5) is 0 Å². The minimum absolute atomic E-state index is 0.00124. The molecule has 1 aromatic carbocycles. The lowest BCUT2D eigenvalue weighted by Crippen LogP contribution is -2.41. The Labute approximate surface area is 127 Å². The zero-order valence-corrected chi connectivity index (χ0v) is 13.7. The molecule has 0 spiro atoms. The number of nitrogens with one attached hydrogen (secondary N) is 1. The minimum Gasteiger partial charge on any atom is -0.354 e. The number of hydrogen-bond acceptors (Lipinski definition) is 2. The number of nitrogens with zero attached hydrogens (tertiary/aromatic N) is 1. The molecular formula is C17H26N2O2. The van der Waals surface area contributed by atoms with E-state index >= 15 is 0 Å². The fourth-order valence-corrected chi connectivity index (χ4v) is 1.83. The molecule has 0 aliphatic rings. The predicted molar refractivity (Wildman–Crippen MR) is 84.7 cm³/mol. The smallest absolute Gasteiger partial charge is 0.225 e. The largest absolute Gasteiger partial charge is 0.354 e. The van der Waals surface area contributed by atoms with Crippen molar-refractivity contribution >= 4 is 11.8 Å². The summed E-state index contributed by atoms with van der Waals surface area (Å²) < 4.78 is 0. The van der Waals surface area contributed by atoms with Gasteiger partial charge in [0.2, 0.25) is 11.8 Å². The number of amides is 2.